The van der Waals surface area contributed by atoms with Crippen LogP contribution in [0.5, 0.6) is 5.75 Å². The molecule has 6 heteroatoms. The summed E-state index contributed by atoms with van der Waals surface area (Å²) in [4.78, 5) is 19.4. The van der Waals surface area contributed by atoms with Crippen molar-refractivity contribution in [2.24, 2.45) is 0 Å². The molecule has 29 heavy (non-hydrogen) atoms. The molecule has 4 rings (SSSR count). The largest absolute Gasteiger partial charge is 0.487 e. The first-order chi connectivity index (χ1) is 14.1. The highest BCUT2D eigenvalue weighted by Gasteiger charge is 2.29. The molecular formula is C23H23FN2O2S. The van der Waals surface area contributed by atoms with Crippen LogP contribution in [-0.2, 0) is 13.0 Å². The number of aryl methyl sites for hydroxylation is 1. The lowest BCUT2D eigenvalue weighted by molar-refractivity contribution is 0.0736. The lowest BCUT2D eigenvalue weighted by Crippen LogP contribution is -2.36. The van der Waals surface area contributed by atoms with Crippen LogP contribution in [0.3, 0.4) is 0 Å². The van der Waals surface area contributed by atoms with E-state index < -0.39 is 0 Å². The molecule has 0 spiro atoms. The van der Waals surface area contributed by atoms with E-state index >= 15 is 0 Å². The van der Waals surface area contributed by atoms with Crippen molar-refractivity contribution in [3.63, 3.8) is 0 Å². The molecular weight excluding hydrogens is 387 g/mol. The summed E-state index contributed by atoms with van der Waals surface area (Å²) in [6.07, 6.45) is 2.57. The molecule has 1 aromatic heterocycles. The summed E-state index contributed by atoms with van der Waals surface area (Å²) in [5.41, 5.74) is 2.42. The minimum Gasteiger partial charge on any atom is -0.487 e. The lowest BCUT2D eigenvalue weighted by atomic mass is 10.0. The van der Waals surface area contributed by atoms with Gasteiger partial charge in [0.2, 0.25) is 0 Å². The second-order valence-corrected chi connectivity index (χ2v) is 8.37. The lowest BCUT2D eigenvalue weighted by Gasteiger charge is -2.25. The summed E-state index contributed by atoms with van der Waals surface area (Å²) in [7, 11) is 0. The summed E-state index contributed by atoms with van der Waals surface area (Å²) in [6.45, 7) is 3.07. The number of hydrogen-bond acceptors (Lipinski definition) is 4. The Bertz CT molecular complexity index is 1000. The Labute approximate surface area is 174 Å². The molecule has 150 valence electrons. The van der Waals surface area contributed by atoms with Crippen LogP contribution >= 0.6 is 11.3 Å². The maximum Gasteiger partial charge on any atom is 0.254 e. The Balaban J connectivity index is 1.44. The van der Waals surface area contributed by atoms with Crippen molar-refractivity contribution in [2.45, 2.75) is 38.8 Å². The Morgan fingerprint density at radius 1 is 1.28 bits per heavy atom. The minimum atomic E-state index is -0.237. The van der Waals surface area contributed by atoms with Crippen molar-refractivity contribution in [3.05, 3.63) is 81.6 Å². The Hall–Kier alpha value is -2.73. The number of aromatic nitrogens is 1. The average molecular weight is 411 g/mol. The third-order valence-electron chi connectivity index (χ3n) is 5.13. The van der Waals surface area contributed by atoms with E-state index in [1.807, 2.05) is 41.5 Å². The van der Waals surface area contributed by atoms with Crippen molar-refractivity contribution < 1.29 is 13.9 Å². The first-order valence-electron chi connectivity index (χ1n) is 9.78. The zero-order chi connectivity index (χ0) is 20.2. The molecule has 1 atom stereocenters. The first kappa shape index (κ1) is 19.6. The Kier molecular flexibility index (Phi) is 5.90. The van der Waals surface area contributed by atoms with Crippen molar-refractivity contribution in [1.29, 1.82) is 0 Å². The molecule has 0 bridgehead atoms. The molecule has 1 fully saturated rings. The molecule has 1 unspecified atom stereocenters. The van der Waals surface area contributed by atoms with Crippen LogP contribution in [-0.4, -0.2) is 28.4 Å². The molecule has 1 aliphatic rings. The smallest absolute Gasteiger partial charge is 0.254 e. The van der Waals surface area contributed by atoms with E-state index in [1.54, 1.807) is 29.5 Å². The molecule has 1 amide bonds. The van der Waals surface area contributed by atoms with Gasteiger partial charge in [-0.05, 0) is 62.1 Å². The van der Waals surface area contributed by atoms with Crippen LogP contribution in [0.2, 0.25) is 0 Å². The average Bonchev–Trinajstić information content (AvgIpc) is 3.35. The number of amides is 1. The standard InChI is InChI=1S/C23H23FN2O2S/c1-16-25-20(15-29-16)14-28-22-9-3-6-18(13-22)23(27)26-10-4-8-21(26)12-17-5-2-7-19(24)11-17/h2-3,5-7,9,11,13,15,21H,4,8,10,12,14H2,1H3. The maximum absolute atomic E-state index is 13.5. The zero-order valence-corrected chi connectivity index (χ0v) is 17.1. The highest BCUT2D eigenvalue weighted by atomic mass is 32.1. The molecule has 0 aliphatic carbocycles. The molecule has 1 aliphatic heterocycles. The van der Waals surface area contributed by atoms with Gasteiger partial charge in [-0.25, -0.2) is 9.37 Å². The number of thiazole rings is 1. The predicted octanol–water partition coefficient (Wildman–Crippen LogP) is 5.02. The van der Waals surface area contributed by atoms with Gasteiger partial charge in [0, 0.05) is 23.5 Å². The highest BCUT2D eigenvalue weighted by molar-refractivity contribution is 7.09. The van der Waals surface area contributed by atoms with Gasteiger partial charge in [0.05, 0.1) is 10.7 Å². The fourth-order valence-electron chi connectivity index (χ4n) is 3.77. The van der Waals surface area contributed by atoms with Crippen LogP contribution in [0, 0.1) is 12.7 Å². The van der Waals surface area contributed by atoms with Gasteiger partial charge < -0.3 is 9.64 Å². The second kappa shape index (κ2) is 8.74. The van der Waals surface area contributed by atoms with Gasteiger partial charge in [0.1, 0.15) is 18.2 Å². The van der Waals surface area contributed by atoms with Crippen molar-refractivity contribution in [1.82, 2.24) is 9.88 Å². The van der Waals surface area contributed by atoms with E-state index in [0.29, 0.717) is 24.3 Å². The van der Waals surface area contributed by atoms with Crippen LogP contribution in [0.4, 0.5) is 4.39 Å². The SMILES string of the molecule is Cc1nc(COc2cccc(C(=O)N3CCCC3Cc3cccc(F)c3)c2)cs1. The fraction of sp³-hybridized carbons (Fsp3) is 0.304. The van der Waals surface area contributed by atoms with Gasteiger partial charge in [0.15, 0.2) is 0 Å². The van der Waals surface area contributed by atoms with Crippen LogP contribution in [0.15, 0.2) is 53.9 Å². The number of likely N-dealkylation sites (tertiary alicyclic amines) is 1. The summed E-state index contributed by atoms with van der Waals surface area (Å²) in [5.74, 6) is 0.416. The third-order valence-corrected chi connectivity index (χ3v) is 5.95. The molecule has 0 saturated carbocycles. The first-order valence-corrected chi connectivity index (χ1v) is 10.7. The number of hydrogen-bond donors (Lipinski definition) is 0. The third kappa shape index (κ3) is 4.82. The predicted molar refractivity (Wildman–Crippen MR) is 112 cm³/mol. The molecule has 0 N–H and O–H groups in total. The van der Waals surface area contributed by atoms with Crippen LogP contribution in [0.25, 0.3) is 0 Å². The minimum absolute atomic E-state index is 0.00106. The second-order valence-electron chi connectivity index (χ2n) is 7.30. The monoisotopic (exact) mass is 410 g/mol. The number of nitrogens with zero attached hydrogens (tertiary/aromatic N) is 2. The van der Waals surface area contributed by atoms with Crippen molar-refractivity contribution in [2.75, 3.05) is 6.54 Å². The number of carbonyl (C=O) groups is 1. The summed E-state index contributed by atoms with van der Waals surface area (Å²) < 4.78 is 19.3. The quantitative estimate of drug-likeness (QED) is 0.573. The van der Waals surface area contributed by atoms with E-state index in [1.165, 1.54) is 6.07 Å². The Morgan fingerprint density at radius 2 is 2.14 bits per heavy atom. The number of ether oxygens (including phenoxy) is 1. The van der Waals surface area contributed by atoms with Gasteiger partial charge >= 0.3 is 0 Å². The van der Waals surface area contributed by atoms with Gasteiger partial charge in [-0.15, -0.1) is 11.3 Å². The Morgan fingerprint density at radius 3 is 2.93 bits per heavy atom. The summed E-state index contributed by atoms with van der Waals surface area (Å²) in [6, 6.07) is 14.0. The fourth-order valence-corrected chi connectivity index (χ4v) is 4.37. The van der Waals surface area contributed by atoms with Crippen LogP contribution in [0.1, 0.15) is 39.5 Å². The molecule has 0 radical (unpaired) electrons. The molecule has 1 saturated heterocycles. The van der Waals surface area contributed by atoms with Gasteiger partial charge in [-0.3, -0.25) is 4.79 Å². The van der Waals surface area contributed by atoms with E-state index in [-0.39, 0.29) is 17.8 Å². The van der Waals surface area contributed by atoms with Crippen LogP contribution < -0.4 is 4.74 Å². The van der Waals surface area contributed by atoms with Crippen molar-refractivity contribution in [3.8, 4) is 5.75 Å². The summed E-state index contributed by atoms with van der Waals surface area (Å²) in [5, 5.41) is 2.98. The molecule has 2 aromatic carbocycles. The van der Waals surface area contributed by atoms with E-state index in [9.17, 15) is 9.18 Å². The number of halogens is 1. The molecule has 2 heterocycles. The van der Waals surface area contributed by atoms with Gasteiger partial charge in [-0.2, -0.15) is 0 Å². The van der Waals surface area contributed by atoms with E-state index in [2.05, 4.69) is 4.98 Å². The van der Waals surface area contributed by atoms with E-state index in [4.69, 9.17) is 4.74 Å². The number of rotatable bonds is 6. The number of benzene rings is 2. The number of carbonyl (C=O) groups excluding carboxylic acids is 1. The van der Waals surface area contributed by atoms with E-state index in [0.717, 1.165) is 35.7 Å². The molecule has 4 nitrogen and oxygen atoms in total. The molecule has 3 aromatic rings. The topological polar surface area (TPSA) is 42.4 Å². The summed E-state index contributed by atoms with van der Waals surface area (Å²) >= 11 is 1.59. The van der Waals surface area contributed by atoms with Crippen molar-refractivity contribution >= 4 is 17.2 Å². The van der Waals surface area contributed by atoms with Gasteiger partial charge in [-0.1, -0.05) is 18.2 Å². The highest BCUT2D eigenvalue weighted by Crippen LogP contribution is 2.25. The normalized spacial score (nSPS) is 16.2. The maximum atomic E-state index is 13.5. The van der Waals surface area contributed by atoms with Gasteiger partial charge in [0.25, 0.3) is 5.91 Å². The zero-order valence-electron chi connectivity index (χ0n) is 16.3.